The molecule has 0 aliphatic rings. The molecule has 6 nitrogen and oxygen atoms in total. The van der Waals surface area contributed by atoms with Crippen LogP contribution in [0.5, 0.6) is 0 Å². The van der Waals surface area contributed by atoms with Crippen LogP contribution in [0.15, 0.2) is 17.9 Å². The molecule has 96 valence electrons. The summed E-state index contributed by atoms with van der Waals surface area (Å²) in [6.07, 6.45) is 3.44. The second-order valence-corrected chi connectivity index (χ2v) is 4.95. The van der Waals surface area contributed by atoms with E-state index in [0.717, 1.165) is 11.4 Å². The van der Waals surface area contributed by atoms with E-state index >= 15 is 0 Å². The number of anilines is 1. The van der Waals surface area contributed by atoms with Crippen LogP contribution in [0.4, 0.5) is 5.69 Å². The number of amides is 1. The van der Waals surface area contributed by atoms with Gasteiger partial charge in [-0.05, 0) is 13.8 Å². The van der Waals surface area contributed by atoms with E-state index in [1.807, 2.05) is 12.4 Å². The van der Waals surface area contributed by atoms with Crippen molar-refractivity contribution in [2.75, 3.05) is 5.32 Å². The topological polar surface area (TPSA) is 85.8 Å². The molecule has 0 bridgehead atoms. The number of carbonyl (C=O) groups is 1. The minimum Gasteiger partial charge on any atom is -0.375 e. The second kappa shape index (κ2) is 5.18. The maximum atomic E-state index is 10.8. The zero-order valence-electron chi connectivity index (χ0n) is 10.3. The Labute approximate surface area is 109 Å². The third-order valence-corrected chi connectivity index (χ3v) is 3.62. The quantitative estimate of drug-likeness (QED) is 0.853. The molecule has 3 N–H and O–H groups in total. The molecule has 2 heterocycles. The maximum absolute atomic E-state index is 10.8. The van der Waals surface area contributed by atoms with E-state index in [2.05, 4.69) is 22.3 Å². The molecule has 0 radical (unpaired) electrons. The molecule has 1 unspecified atom stereocenters. The summed E-state index contributed by atoms with van der Waals surface area (Å²) in [5, 5.41) is 7.37. The lowest BCUT2D eigenvalue weighted by molar-refractivity contribution is -0.118. The number of thiazole rings is 1. The SMILES string of the molecule is Cc1ncsc1C(C)Nc1cnn(CC(N)=O)c1. The molecule has 0 saturated carbocycles. The predicted octanol–water partition coefficient (Wildman–Crippen LogP) is 1.31. The summed E-state index contributed by atoms with van der Waals surface area (Å²) >= 11 is 1.62. The zero-order chi connectivity index (χ0) is 13.1. The van der Waals surface area contributed by atoms with Gasteiger partial charge in [-0.15, -0.1) is 11.3 Å². The van der Waals surface area contributed by atoms with E-state index in [1.165, 1.54) is 9.56 Å². The van der Waals surface area contributed by atoms with Crippen molar-refractivity contribution in [3.05, 3.63) is 28.5 Å². The first-order valence-corrected chi connectivity index (χ1v) is 6.41. The number of aryl methyl sites for hydroxylation is 1. The van der Waals surface area contributed by atoms with Crippen molar-refractivity contribution in [1.82, 2.24) is 14.8 Å². The van der Waals surface area contributed by atoms with Gasteiger partial charge in [0.2, 0.25) is 5.91 Å². The minimum atomic E-state index is -0.406. The molecule has 18 heavy (non-hydrogen) atoms. The van der Waals surface area contributed by atoms with Crippen LogP contribution in [0.25, 0.3) is 0 Å². The summed E-state index contributed by atoms with van der Waals surface area (Å²) < 4.78 is 1.51. The van der Waals surface area contributed by atoms with Gasteiger partial charge < -0.3 is 11.1 Å². The van der Waals surface area contributed by atoms with Crippen LogP contribution in [-0.2, 0) is 11.3 Å². The van der Waals surface area contributed by atoms with E-state index in [9.17, 15) is 4.79 Å². The van der Waals surface area contributed by atoms with E-state index < -0.39 is 5.91 Å². The molecule has 0 aromatic carbocycles. The van der Waals surface area contributed by atoms with Gasteiger partial charge >= 0.3 is 0 Å². The molecule has 0 spiro atoms. The number of rotatable bonds is 5. The summed E-state index contributed by atoms with van der Waals surface area (Å²) in [6, 6.07) is 0.156. The van der Waals surface area contributed by atoms with Gasteiger partial charge in [-0.2, -0.15) is 5.10 Å². The summed E-state index contributed by atoms with van der Waals surface area (Å²) in [5.41, 5.74) is 8.83. The van der Waals surface area contributed by atoms with Crippen molar-refractivity contribution >= 4 is 22.9 Å². The molecule has 0 aliphatic heterocycles. The monoisotopic (exact) mass is 265 g/mol. The standard InChI is InChI=1S/C11H15N5OS/c1-7-11(18-6-13-7)8(2)15-9-3-14-16(4-9)5-10(12)17/h3-4,6,8,15H,5H2,1-2H3,(H2,12,17). The summed E-state index contributed by atoms with van der Waals surface area (Å²) in [6.45, 7) is 4.14. The highest BCUT2D eigenvalue weighted by atomic mass is 32.1. The van der Waals surface area contributed by atoms with Crippen molar-refractivity contribution in [1.29, 1.82) is 0 Å². The Balaban J connectivity index is 2.03. The van der Waals surface area contributed by atoms with Crippen molar-refractivity contribution in [3.8, 4) is 0 Å². The third kappa shape index (κ3) is 2.86. The average molecular weight is 265 g/mol. The van der Waals surface area contributed by atoms with E-state index in [1.54, 1.807) is 23.7 Å². The van der Waals surface area contributed by atoms with Crippen LogP contribution in [0.1, 0.15) is 23.5 Å². The lowest BCUT2D eigenvalue weighted by Gasteiger charge is -2.12. The molecule has 0 saturated heterocycles. The number of nitrogens with one attached hydrogen (secondary N) is 1. The van der Waals surface area contributed by atoms with Crippen LogP contribution in [0.2, 0.25) is 0 Å². The highest BCUT2D eigenvalue weighted by Crippen LogP contribution is 2.24. The van der Waals surface area contributed by atoms with E-state index in [0.29, 0.717) is 0 Å². The smallest absolute Gasteiger partial charge is 0.239 e. The summed E-state index contributed by atoms with van der Waals surface area (Å²) in [4.78, 5) is 16.2. The molecular weight excluding hydrogens is 250 g/mol. The van der Waals surface area contributed by atoms with E-state index in [-0.39, 0.29) is 12.6 Å². The van der Waals surface area contributed by atoms with Crippen molar-refractivity contribution < 1.29 is 4.79 Å². The number of hydrogen-bond acceptors (Lipinski definition) is 5. The fraction of sp³-hybridized carbons (Fsp3) is 0.364. The van der Waals surface area contributed by atoms with Gasteiger partial charge in [-0.25, -0.2) is 4.98 Å². The van der Waals surface area contributed by atoms with Crippen LogP contribution in [-0.4, -0.2) is 20.7 Å². The van der Waals surface area contributed by atoms with Gasteiger partial charge in [-0.1, -0.05) is 0 Å². The van der Waals surface area contributed by atoms with Gasteiger partial charge in [0, 0.05) is 11.1 Å². The normalized spacial score (nSPS) is 12.3. The minimum absolute atomic E-state index is 0.0929. The number of primary amides is 1. The predicted molar refractivity (Wildman–Crippen MR) is 70.3 cm³/mol. The largest absolute Gasteiger partial charge is 0.375 e. The van der Waals surface area contributed by atoms with Crippen LogP contribution in [0, 0.1) is 6.92 Å². The Bertz CT molecular complexity index is 547. The fourth-order valence-corrected chi connectivity index (χ4v) is 2.54. The molecule has 0 fully saturated rings. The summed E-state index contributed by atoms with van der Waals surface area (Å²) in [5.74, 6) is -0.406. The number of nitrogens with two attached hydrogens (primary N) is 1. The van der Waals surface area contributed by atoms with Gasteiger partial charge in [0.1, 0.15) is 6.54 Å². The van der Waals surface area contributed by atoms with Crippen LogP contribution in [0.3, 0.4) is 0 Å². The third-order valence-electron chi connectivity index (χ3n) is 2.51. The zero-order valence-corrected chi connectivity index (χ0v) is 11.1. The second-order valence-electron chi connectivity index (χ2n) is 4.06. The van der Waals surface area contributed by atoms with Crippen LogP contribution < -0.4 is 11.1 Å². The number of nitrogens with zero attached hydrogens (tertiary/aromatic N) is 3. The molecule has 1 amide bonds. The van der Waals surface area contributed by atoms with Gasteiger partial charge in [0.25, 0.3) is 0 Å². The number of hydrogen-bond donors (Lipinski definition) is 2. The summed E-state index contributed by atoms with van der Waals surface area (Å²) in [7, 11) is 0. The molecule has 2 rings (SSSR count). The fourth-order valence-electron chi connectivity index (χ4n) is 1.73. The maximum Gasteiger partial charge on any atom is 0.239 e. The van der Waals surface area contributed by atoms with Crippen LogP contribution >= 0.6 is 11.3 Å². The van der Waals surface area contributed by atoms with Gasteiger partial charge in [0.15, 0.2) is 0 Å². The Morgan fingerprint density at radius 3 is 3.06 bits per heavy atom. The first kappa shape index (κ1) is 12.6. The lowest BCUT2D eigenvalue weighted by atomic mass is 10.2. The molecule has 2 aromatic rings. The lowest BCUT2D eigenvalue weighted by Crippen LogP contribution is -2.18. The van der Waals surface area contributed by atoms with Crippen molar-refractivity contribution in [2.24, 2.45) is 5.73 Å². The molecule has 1 atom stereocenters. The number of carbonyl (C=O) groups excluding carboxylic acids is 1. The van der Waals surface area contributed by atoms with Gasteiger partial charge in [-0.3, -0.25) is 9.48 Å². The first-order chi connectivity index (χ1) is 8.56. The highest BCUT2D eigenvalue weighted by molar-refractivity contribution is 7.09. The first-order valence-electron chi connectivity index (χ1n) is 5.53. The van der Waals surface area contributed by atoms with Crippen molar-refractivity contribution in [2.45, 2.75) is 26.4 Å². The molecule has 2 aromatic heterocycles. The Hall–Kier alpha value is -1.89. The van der Waals surface area contributed by atoms with Crippen molar-refractivity contribution in [3.63, 3.8) is 0 Å². The highest BCUT2D eigenvalue weighted by Gasteiger charge is 2.11. The number of aromatic nitrogens is 3. The van der Waals surface area contributed by atoms with Gasteiger partial charge in [0.05, 0.1) is 29.1 Å². The Morgan fingerprint density at radius 2 is 2.44 bits per heavy atom. The molecular formula is C11H15N5OS. The average Bonchev–Trinajstić information content (AvgIpc) is 2.87. The molecule has 0 aliphatic carbocycles. The Morgan fingerprint density at radius 1 is 1.67 bits per heavy atom. The molecule has 7 heteroatoms. The van der Waals surface area contributed by atoms with E-state index in [4.69, 9.17) is 5.73 Å². The Kier molecular flexibility index (Phi) is 3.61.